The van der Waals surface area contributed by atoms with Gasteiger partial charge in [0.25, 0.3) is 0 Å². The van der Waals surface area contributed by atoms with Gasteiger partial charge in [-0.05, 0) is 32.2 Å². The summed E-state index contributed by atoms with van der Waals surface area (Å²) in [6, 6.07) is 0.101. The van der Waals surface area contributed by atoms with Crippen molar-refractivity contribution in [2.45, 2.75) is 59.0 Å². The number of hydrogen-bond donors (Lipinski definition) is 1. The van der Waals surface area contributed by atoms with Gasteiger partial charge in [0, 0.05) is 19.1 Å². The Morgan fingerprint density at radius 3 is 2.74 bits per heavy atom. The van der Waals surface area contributed by atoms with E-state index in [2.05, 4.69) is 31.0 Å². The molecule has 2 unspecified atom stereocenters. The highest BCUT2D eigenvalue weighted by Gasteiger charge is 2.28. The van der Waals surface area contributed by atoms with Crippen molar-refractivity contribution in [1.82, 2.24) is 10.2 Å². The molecule has 0 aromatic carbocycles. The van der Waals surface area contributed by atoms with Crippen molar-refractivity contribution >= 4 is 5.97 Å². The van der Waals surface area contributed by atoms with Gasteiger partial charge >= 0.3 is 5.97 Å². The molecule has 19 heavy (non-hydrogen) atoms. The third-order valence-corrected chi connectivity index (χ3v) is 3.61. The molecule has 0 saturated carbocycles. The standard InChI is InChI=1S/C15H30N2O2/c1-5-7-13-8-9-17(10-13)11-14(16-12(3)4)15(18)19-6-2/h12-14,16H,5-11H2,1-4H3. The van der Waals surface area contributed by atoms with E-state index in [1.165, 1.54) is 19.3 Å². The maximum absolute atomic E-state index is 12.0. The molecule has 0 aliphatic carbocycles. The number of rotatable bonds is 8. The van der Waals surface area contributed by atoms with Crippen LogP contribution >= 0.6 is 0 Å². The highest BCUT2D eigenvalue weighted by molar-refractivity contribution is 5.76. The molecule has 1 aliphatic rings. The summed E-state index contributed by atoms with van der Waals surface area (Å²) >= 11 is 0. The molecule has 1 saturated heterocycles. The number of nitrogens with zero attached hydrogens (tertiary/aromatic N) is 1. The molecule has 0 amide bonds. The second-order valence-electron chi connectivity index (χ2n) is 5.83. The van der Waals surface area contributed by atoms with Gasteiger partial charge in [0.15, 0.2) is 0 Å². The van der Waals surface area contributed by atoms with Crippen LogP contribution in [-0.4, -0.2) is 49.2 Å². The van der Waals surface area contributed by atoms with Crippen LogP contribution in [0.1, 0.15) is 47.0 Å². The van der Waals surface area contributed by atoms with Gasteiger partial charge in [-0.25, -0.2) is 0 Å². The summed E-state index contributed by atoms with van der Waals surface area (Å²) in [5.74, 6) is 0.696. The second-order valence-corrected chi connectivity index (χ2v) is 5.83. The Hall–Kier alpha value is -0.610. The summed E-state index contributed by atoms with van der Waals surface area (Å²) in [5, 5.41) is 3.32. The lowest BCUT2D eigenvalue weighted by molar-refractivity contribution is -0.146. The molecule has 2 atom stereocenters. The van der Waals surface area contributed by atoms with E-state index < -0.39 is 0 Å². The van der Waals surface area contributed by atoms with Gasteiger partial charge in [0.2, 0.25) is 0 Å². The van der Waals surface area contributed by atoms with Crippen LogP contribution in [0.15, 0.2) is 0 Å². The molecular formula is C15H30N2O2. The summed E-state index contributed by atoms with van der Waals surface area (Å²) < 4.78 is 5.16. The Labute approximate surface area is 117 Å². The fourth-order valence-electron chi connectivity index (χ4n) is 2.82. The number of carbonyl (C=O) groups excluding carboxylic acids is 1. The molecule has 1 aliphatic heterocycles. The Morgan fingerprint density at radius 1 is 1.42 bits per heavy atom. The number of nitrogens with one attached hydrogen (secondary N) is 1. The lowest BCUT2D eigenvalue weighted by Gasteiger charge is -2.25. The SMILES string of the molecule is CCCC1CCN(CC(NC(C)C)C(=O)OCC)C1. The Kier molecular flexibility index (Phi) is 7.39. The summed E-state index contributed by atoms with van der Waals surface area (Å²) in [5.41, 5.74) is 0. The van der Waals surface area contributed by atoms with Crippen molar-refractivity contribution in [1.29, 1.82) is 0 Å². The minimum atomic E-state index is -0.194. The van der Waals surface area contributed by atoms with Gasteiger partial charge < -0.3 is 15.0 Å². The maximum Gasteiger partial charge on any atom is 0.324 e. The van der Waals surface area contributed by atoms with E-state index in [0.29, 0.717) is 12.6 Å². The molecule has 0 spiro atoms. The van der Waals surface area contributed by atoms with E-state index in [0.717, 1.165) is 25.6 Å². The second kappa shape index (κ2) is 8.54. The molecular weight excluding hydrogens is 240 g/mol. The van der Waals surface area contributed by atoms with E-state index in [-0.39, 0.29) is 12.0 Å². The van der Waals surface area contributed by atoms with Crippen LogP contribution in [0, 0.1) is 5.92 Å². The number of hydrogen-bond acceptors (Lipinski definition) is 4. The van der Waals surface area contributed by atoms with E-state index in [1.807, 2.05) is 6.92 Å². The van der Waals surface area contributed by atoms with E-state index >= 15 is 0 Å². The predicted octanol–water partition coefficient (Wildman–Crippen LogP) is 2.04. The van der Waals surface area contributed by atoms with Crippen LogP contribution in [0.3, 0.4) is 0 Å². The van der Waals surface area contributed by atoms with Crippen LogP contribution in [0.5, 0.6) is 0 Å². The quantitative estimate of drug-likeness (QED) is 0.685. The fraction of sp³-hybridized carbons (Fsp3) is 0.933. The lowest BCUT2D eigenvalue weighted by Crippen LogP contribution is -2.49. The monoisotopic (exact) mass is 270 g/mol. The number of esters is 1. The Morgan fingerprint density at radius 2 is 2.16 bits per heavy atom. The average molecular weight is 270 g/mol. The van der Waals surface area contributed by atoms with Crippen LogP contribution in [0.2, 0.25) is 0 Å². The molecule has 0 aromatic heterocycles. The van der Waals surface area contributed by atoms with Crippen molar-refractivity contribution in [3.05, 3.63) is 0 Å². The first kappa shape index (κ1) is 16.4. The van der Waals surface area contributed by atoms with E-state index in [9.17, 15) is 4.79 Å². The fourth-order valence-corrected chi connectivity index (χ4v) is 2.82. The molecule has 1 rings (SSSR count). The lowest BCUT2D eigenvalue weighted by atomic mass is 10.0. The highest BCUT2D eigenvalue weighted by Crippen LogP contribution is 2.20. The van der Waals surface area contributed by atoms with Crippen LogP contribution in [0.4, 0.5) is 0 Å². The van der Waals surface area contributed by atoms with Crippen molar-refractivity contribution < 1.29 is 9.53 Å². The average Bonchev–Trinajstić information content (AvgIpc) is 2.76. The zero-order valence-corrected chi connectivity index (χ0v) is 12.9. The van der Waals surface area contributed by atoms with E-state index in [1.54, 1.807) is 0 Å². The number of ether oxygens (including phenoxy) is 1. The topological polar surface area (TPSA) is 41.6 Å². The smallest absolute Gasteiger partial charge is 0.324 e. The third kappa shape index (κ3) is 5.91. The molecule has 1 N–H and O–H groups in total. The summed E-state index contributed by atoms with van der Waals surface area (Å²) in [4.78, 5) is 14.4. The molecule has 1 heterocycles. The first-order valence-electron chi connectivity index (χ1n) is 7.71. The van der Waals surface area contributed by atoms with Crippen molar-refractivity contribution in [3.63, 3.8) is 0 Å². The molecule has 0 aromatic rings. The van der Waals surface area contributed by atoms with Crippen molar-refractivity contribution in [2.24, 2.45) is 5.92 Å². The number of carbonyl (C=O) groups is 1. The summed E-state index contributed by atoms with van der Waals surface area (Å²) in [6.07, 6.45) is 3.83. The summed E-state index contributed by atoms with van der Waals surface area (Å²) in [7, 11) is 0. The minimum absolute atomic E-state index is 0.116. The van der Waals surface area contributed by atoms with Gasteiger partial charge in [-0.2, -0.15) is 0 Å². The van der Waals surface area contributed by atoms with Gasteiger partial charge in [0.05, 0.1) is 6.61 Å². The summed E-state index contributed by atoms with van der Waals surface area (Å²) in [6.45, 7) is 11.7. The molecule has 1 fully saturated rings. The Bertz CT molecular complexity index is 269. The minimum Gasteiger partial charge on any atom is -0.465 e. The predicted molar refractivity (Wildman–Crippen MR) is 78.1 cm³/mol. The maximum atomic E-state index is 12.0. The van der Waals surface area contributed by atoms with Gasteiger partial charge in [-0.3, -0.25) is 4.79 Å². The Balaban J connectivity index is 2.46. The van der Waals surface area contributed by atoms with Crippen molar-refractivity contribution in [2.75, 3.05) is 26.2 Å². The molecule has 112 valence electrons. The number of likely N-dealkylation sites (tertiary alicyclic amines) is 1. The van der Waals surface area contributed by atoms with Gasteiger partial charge in [0.1, 0.15) is 6.04 Å². The third-order valence-electron chi connectivity index (χ3n) is 3.61. The van der Waals surface area contributed by atoms with Crippen LogP contribution in [-0.2, 0) is 9.53 Å². The molecule has 0 bridgehead atoms. The van der Waals surface area contributed by atoms with Gasteiger partial charge in [-0.15, -0.1) is 0 Å². The molecule has 4 heteroatoms. The zero-order valence-electron chi connectivity index (χ0n) is 12.9. The molecule has 0 radical (unpaired) electrons. The highest BCUT2D eigenvalue weighted by atomic mass is 16.5. The normalized spacial score (nSPS) is 21.8. The van der Waals surface area contributed by atoms with Crippen molar-refractivity contribution in [3.8, 4) is 0 Å². The van der Waals surface area contributed by atoms with Gasteiger partial charge in [-0.1, -0.05) is 27.2 Å². The first-order chi connectivity index (χ1) is 9.06. The zero-order chi connectivity index (χ0) is 14.3. The van der Waals surface area contributed by atoms with Crippen LogP contribution < -0.4 is 5.32 Å². The van der Waals surface area contributed by atoms with E-state index in [4.69, 9.17) is 4.74 Å². The largest absolute Gasteiger partial charge is 0.465 e. The van der Waals surface area contributed by atoms with Crippen LogP contribution in [0.25, 0.3) is 0 Å². The first-order valence-corrected chi connectivity index (χ1v) is 7.71. The molecule has 4 nitrogen and oxygen atoms in total.